The fourth-order valence-corrected chi connectivity index (χ4v) is 2.77. The second-order valence-electron chi connectivity index (χ2n) is 5.34. The van der Waals surface area contributed by atoms with E-state index in [1.807, 2.05) is 0 Å². The van der Waals surface area contributed by atoms with Crippen LogP contribution in [-0.2, 0) is 4.74 Å². The molecule has 1 aliphatic heterocycles. The van der Waals surface area contributed by atoms with Crippen LogP contribution in [0.1, 0.15) is 27.1 Å². The van der Waals surface area contributed by atoms with Gasteiger partial charge in [-0.1, -0.05) is 23.2 Å². The summed E-state index contributed by atoms with van der Waals surface area (Å²) in [5, 5.41) is 0.574. The van der Waals surface area contributed by atoms with Crippen molar-refractivity contribution in [2.75, 3.05) is 19.8 Å². The summed E-state index contributed by atoms with van der Waals surface area (Å²) < 4.78 is 16.1. The molecular weight excluding hydrogens is 367 g/mol. The van der Waals surface area contributed by atoms with E-state index in [1.165, 1.54) is 18.2 Å². The van der Waals surface area contributed by atoms with Gasteiger partial charge >= 0.3 is 5.97 Å². The van der Waals surface area contributed by atoms with Crippen LogP contribution < -0.4 is 9.47 Å². The van der Waals surface area contributed by atoms with Gasteiger partial charge in [0, 0.05) is 17.0 Å². The van der Waals surface area contributed by atoms with Crippen LogP contribution in [0, 0.1) is 0 Å². The minimum atomic E-state index is -0.690. The number of carbonyl (C=O) groups excluding carboxylic acids is 2. The quantitative estimate of drug-likeness (QED) is 0.587. The van der Waals surface area contributed by atoms with Gasteiger partial charge in [0.25, 0.3) is 0 Å². The van der Waals surface area contributed by atoms with Crippen molar-refractivity contribution < 1.29 is 23.8 Å². The fraction of sp³-hybridized carbons (Fsp3) is 0.222. The van der Waals surface area contributed by atoms with Gasteiger partial charge in [0.1, 0.15) is 0 Å². The van der Waals surface area contributed by atoms with E-state index < -0.39 is 12.6 Å². The molecule has 1 aliphatic rings. The summed E-state index contributed by atoms with van der Waals surface area (Å²) in [4.78, 5) is 24.3. The number of rotatable bonds is 4. The average molecular weight is 381 g/mol. The van der Waals surface area contributed by atoms with E-state index in [9.17, 15) is 9.59 Å². The summed E-state index contributed by atoms with van der Waals surface area (Å²) in [7, 11) is 0. The molecule has 0 fully saturated rings. The topological polar surface area (TPSA) is 61.8 Å². The van der Waals surface area contributed by atoms with Crippen LogP contribution in [0.25, 0.3) is 0 Å². The van der Waals surface area contributed by atoms with Gasteiger partial charge in [-0.2, -0.15) is 0 Å². The molecule has 0 saturated heterocycles. The molecule has 7 heteroatoms. The SMILES string of the molecule is O=C(COC(=O)c1ccc(Cl)cc1Cl)c1ccc2c(c1)OCCCO2. The highest BCUT2D eigenvalue weighted by Crippen LogP contribution is 2.30. The molecule has 0 aromatic heterocycles. The minimum absolute atomic E-state index is 0.150. The predicted octanol–water partition coefficient (Wildman–Crippen LogP) is 4.19. The second kappa shape index (κ2) is 7.76. The van der Waals surface area contributed by atoms with Crippen LogP contribution in [0.2, 0.25) is 10.0 Å². The number of Topliss-reactive ketones (excluding diaryl/α,β-unsaturated/α-hetero) is 1. The van der Waals surface area contributed by atoms with E-state index >= 15 is 0 Å². The number of fused-ring (bicyclic) bond motifs is 1. The summed E-state index contributed by atoms with van der Waals surface area (Å²) in [6.07, 6.45) is 0.775. The molecule has 130 valence electrons. The smallest absolute Gasteiger partial charge is 0.340 e. The third-order valence-electron chi connectivity index (χ3n) is 3.55. The number of esters is 1. The highest BCUT2D eigenvalue weighted by molar-refractivity contribution is 6.36. The summed E-state index contributed by atoms with van der Waals surface area (Å²) in [5.74, 6) is 0.0628. The van der Waals surface area contributed by atoms with E-state index in [2.05, 4.69) is 0 Å². The maximum Gasteiger partial charge on any atom is 0.340 e. The number of benzene rings is 2. The van der Waals surface area contributed by atoms with Crippen LogP contribution >= 0.6 is 23.2 Å². The Kier molecular flexibility index (Phi) is 5.46. The van der Waals surface area contributed by atoms with Crippen LogP contribution in [-0.4, -0.2) is 31.6 Å². The van der Waals surface area contributed by atoms with Crippen molar-refractivity contribution in [1.29, 1.82) is 0 Å². The molecule has 0 N–H and O–H groups in total. The molecule has 0 amide bonds. The van der Waals surface area contributed by atoms with Gasteiger partial charge in [-0.05, 0) is 36.4 Å². The normalized spacial score (nSPS) is 13.0. The van der Waals surface area contributed by atoms with Crippen molar-refractivity contribution in [3.63, 3.8) is 0 Å². The van der Waals surface area contributed by atoms with E-state index in [-0.39, 0.29) is 16.4 Å². The van der Waals surface area contributed by atoms with Crippen molar-refractivity contribution in [2.45, 2.75) is 6.42 Å². The van der Waals surface area contributed by atoms with E-state index in [1.54, 1.807) is 18.2 Å². The first kappa shape index (κ1) is 17.6. The van der Waals surface area contributed by atoms with Crippen molar-refractivity contribution in [3.05, 3.63) is 57.6 Å². The molecule has 25 heavy (non-hydrogen) atoms. The van der Waals surface area contributed by atoms with Gasteiger partial charge in [-0.25, -0.2) is 4.79 Å². The Hall–Kier alpha value is -2.24. The number of halogens is 2. The second-order valence-corrected chi connectivity index (χ2v) is 6.18. The van der Waals surface area contributed by atoms with Crippen molar-refractivity contribution in [3.8, 4) is 11.5 Å². The van der Waals surface area contributed by atoms with Gasteiger partial charge in [-0.15, -0.1) is 0 Å². The van der Waals surface area contributed by atoms with Gasteiger partial charge in [0.05, 0.1) is 23.8 Å². The lowest BCUT2D eigenvalue weighted by Gasteiger charge is -2.09. The van der Waals surface area contributed by atoms with Gasteiger partial charge in [0.2, 0.25) is 0 Å². The lowest BCUT2D eigenvalue weighted by atomic mass is 10.1. The monoisotopic (exact) mass is 380 g/mol. The Bertz CT molecular complexity index is 819. The van der Waals surface area contributed by atoms with Crippen molar-refractivity contribution in [1.82, 2.24) is 0 Å². The standard InChI is InChI=1S/C18H14Cl2O5/c19-12-3-4-13(14(20)9-12)18(22)25-10-15(21)11-2-5-16-17(8-11)24-7-1-6-23-16/h2-5,8-9H,1,6-7,10H2. The van der Waals surface area contributed by atoms with E-state index in [0.29, 0.717) is 35.3 Å². The van der Waals surface area contributed by atoms with Gasteiger partial charge in [0.15, 0.2) is 23.9 Å². The molecule has 2 aromatic rings. The Morgan fingerprint density at radius 3 is 2.52 bits per heavy atom. The lowest BCUT2D eigenvalue weighted by molar-refractivity contribution is 0.0475. The molecule has 0 bridgehead atoms. The Balaban J connectivity index is 1.66. The first-order chi connectivity index (χ1) is 12.0. The van der Waals surface area contributed by atoms with Crippen LogP contribution in [0.15, 0.2) is 36.4 Å². The van der Waals surface area contributed by atoms with Crippen LogP contribution in [0.5, 0.6) is 11.5 Å². The predicted molar refractivity (Wildman–Crippen MR) is 93.1 cm³/mol. The van der Waals surface area contributed by atoms with Crippen molar-refractivity contribution >= 4 is 35.0 Å². The zero-order chi connectivity index (χ0) is 17.8. The van der Waals surface area contributed by atoms with Gasteiger partial charge in [-0.3, -0.25) is 4.79 Å². The lowest BCUT2D eigenvalue weighted by Crippen LogP contribution is -2.14. The molecule has 5 nitrogen and oxygen atoms in total. The minimum Gasteiger partial charge on any atom is -0.490 e. The maximum absolute atomic E-state index is 12.3. The zero-order valence-electron chi connectivity index (χ0n) is 13.1. The molecule has 0 atom stereocenters. The Morgan fingerprint density at radius 2 is 1.76 bits per heavy atom. The van der Waals surface area contributed by atoms with E-state index in [4.69, 9.17) is 37.4 Å². The van der Waals surface area contributed by atoms with E-state index in [0.717, 1.165) is 6.42 Å². The van der Waals surface area contributed by atoms with Crippen LogP contribution in [0.3, 0.4) is 0 Å². The fourth-order valence-electron chi connectivity index (χ4n) is 2.28. The number of ketones is 1. The Morgan fingerprint density at radius 1 is 1.00 bits per heavy atom. The zero-order valence-corrected chi connectivity index (χ0v) is 14.6. The number of carbonyl (C=O) groups is 2. The Labute approximate surface area is 154 Å². The average Bonchev–Trinajstić information content (AvgIpc) is 2.84. The molecular formula is C18H14Cl2O5. The number of hydrogen-bond donors (Lipinski definition) is 0. The third-order valence-corrected chi connectivity index (χ3v) is 4.10. The molecule has 0 aliphatic carbocycles. The number of hydrogen-bond acceptors (Lipinski definition) is 5. The molecule has 2 aromatic carbocycles. The highest BCUT2D eigenvalue weighted by atomic mass is 35.5. The summed E-state index contributed by atoms with van der Waals surface area (Å²) in [6.45, 7) is 0.686. The summed E-state index contributed by atoms with van der Waals surface area (Å²) in [5.41, 5.74) is 0.525. The number of ether oxygens (including phenoxy) is 3. The van der Waals surface area contributed by atoms with Gasteiger partial charge < -0.3 is 14.2 Å². The third kappa shape index (κ3) is 4.24. The largest absolute Gasteiger partial charge is 0.490 e. The maximum atomic E-state index is 12.3. The molecule has 3 rings (SSSR count). The summed E-state index contributed by atoms with van der Waals surface area (Å²) >= 11 is 11.7. The first-order valence-electron chi connectivity index (χ1n) is 7.59. The molecule has 0 spiro atoms. The van der Waals surface area contributed by atoms with Crippen LogP contribution in [0.4, 0.5) is 0 Å². The van der Waals surface area contributed by atoms with Crippen molar-refractivity contribution in [2.24, 2.45) is 0 Å². The molecule has 0 saturated carbocycles. The molecule has 1 heterocycles. The molecule has 0 radical (unpaired) electrons. The highest BCUT2D eigenvalue weighted by Gasteiger charge is 2.17. The molecule has 0 unspecified atom stereocenters. The summed E-state index contributed by atoms with van der Waals surface area (Å²) in [6, 6.07) is 9.28. The first-order valence-corrected chi connectivity index (χ1v) is 8.35.